The van der Waals surface area contributed by atoms with Gasteiger partial charge in [0, 0.05) is 18.4 Å². The summed E-state index contributed by atoms with van der Waals surface area (Å²) in [4.78, 5) is 12.3. The summed E-state index contributed by atoms with van der Waals surface area (Å²) >= 11 is 0. The van der Waals surface area contributed by atoms with Crippen molar-refractivity contribution >= 4 is 0 Å². The molecule has 116 valence electrons. The van der Waals surface area contributed by atoms with Gasteiger partial charge < -0.3 is 9.52 Å². The Balaban J connectivity index is 1.99. The normalized spacial score (nSPS) is 15.5. The Labute approximate surface area is 130 Å². The first kappa shape index (κ1) is 14.9. The van der Waals surface area contributed by atoms with E-state index in [0.717, 1.165) is 43.2 Å². The van der Waals surface area contributed by atoms with Gasteiger partial charge in [-0.25, -0.2) is 4.79 Å². The number of hydrogen-bond donors (Lipinski definition) is 1. The molecule has 1 aromatic heterocycles. The molecule has 3 heteroatoms. The molecule has 0 fully saturated rings. The molecule has 0 saturated carbocycles. The van der Waals surface area contributed by atoms with E-state index in [0.29, 0.717) is 17.7 Å². The summed E-state index contributed by atoms with van der Waals surface area (Å²) in [5.41, 5.74) is 1.86. The second-order valence-corrected chi connectivity index (χ2v) is 6.05. The van der Waals surface area contributed by atoms with Gasteiger partial charge in [0.05, 0.1) is 5.56 Å². The molecule has 0 bridgehead atoms. The van der Waals surface area contributed by atoms with Gasteiger partial charge in [0.25, 0.3) is 0 Å². The highest BCUT2D eigenvalue weighted by Crippen LogP contribution is 2.29. The Hall–Kier alpha value is -2.03. The summed E-state index contributed by atoms with van der Waals surface area (Å²) in [6.45, 7) is 0. The van der Waals surface area contributed by atoms with Crippen LogP contribution in [0, 0.1) is 0 Å². The van der Waals surface area contributed by atoms with Crippen molar-refractivity contribution in [2.75, 3.05) is 0 Å². The number of aryl methyl sites for hydroxylation is 1. The van der Waals surface area contributed by atoms with Gasteiger partial charge in [-0.15, -0.1) is 0 Å². The lowest BCUT2D eigenvalue weighted by atomic mass is 9.99. The fourth-order valence-corrected chi connectivity index (χ4v) is 3.18. The zero-order valence-corrected chi connectivity index (χ0v) is 12.8. The van der Waals surface area contributed by atoms with E-state index < -0.39 is 0 Å². The molecule has 0 aliphatic heterocycles. The van der Waals surface area contributed by atoms with E-state index in [1.165, 1.54) is 12.8 Å². The van der Waals surface area contributed by atoms with Crippen molar-refractivity contribution in [3.63, 3.8) is 0 Å². The first-order chi connectivity index (χ1) is 10.8. The van der Waals surface area contributed by atoms with Gasteiger partial charge in [-0.3, -0.25) is 0 Å². The van der Waals surface area contributed by atoms with Crippen molar-refractivity contribution < 1.29 is 9.52 Å². The average Bonchev–Trinajstić information content (AvgIpc) is 2.64. The minimum Gasteiger partial charge on any atom is -0.507 e. The van der Waals surface area contributed by atoms with Gasteiger partial charge in [0.1, 0.15) is 11.5 Å². The molecule has 0 atom stereocenters. The number of fused-ring (bicyclic) bond motifs is 1. The van der Waals surface area contributed by atoms with Crippen LogP contribution in [0.5, 0.6) is 5.75 Å². The topological polar surface area (TPSA) is 50.4 Å². The zero-order chi connectivity index (χ0) is 15.4. The lowest BCUT2D eigenvalue weighted by Crippen LogP contribution is -2.13. The van der Waals surface area contributed by atoms with Crippen molar-refractivity contribution in [3.8, 4) is 5.75 Å². The van der Waals surface area contributed by atoms with Crippen LogP contribution in [0.1, 0.15) is 54.6 Å². The van der Waals surface area contributed by atoms with E-state index in [4.69, 9.17) is 4.42 Å². The third-order valence-electron chi connectivity index (χ3n) is 4.42. The van der Waals surface area contributed by atoms with E-state index in [1.54, 1.807) is 0 Å². The Morgan fingerprint density at radius 3 is 2.41 bits per heavy atom. The maximum absolute atomic E-state index is 12.3. The van der Waals surface area contributed by atoms with Gasteiger partial charge in [0.2, 0.25) is 0 Å². The van der Waals surface area contributed by atoms with Gasteiger partial charge in [-0.05, 0) is 24.8 Å². The first-order valence-corrected chi connectivity index (χ1v) is 8.16. The minimum absolute atomic E-state index is 0.164. The molecule has 2 aromatic rings. The minimum atomic E-state index is -0.389. The van der Waals surface area contributed by atoms with E-state index in [1.807, 2.05) is 30.3 Å². The largest absolute Gasteiger partial charge is 0.507 e. The van der Waals surface area contributed by atoms with E-state index in [9.17, 15) is 9.90 Å². The molecule has 1 heterocycles. The average molecular weight is 298 g/mol. The second-order valence-electron chi connectivity index (χ2n) is 6.05. The van der Waals surface area contributed by atoms with Crippen LogP contribution < -0.4 is 5.63 Å². The van der Waals surface area contributed by atoms with Crippen molar-refractivity contribution in [3.05, 3.63) is 63.2 Å². The van der Waals surface area contributed by atoms with Crippen LogP contribution in [-0.4, -0.2) is 5.11 Å². The van der Waals surface area contributed by atoms with Crippen molar-refractivity contribution in [1.29, 1.82) is 0 Å². The van der Waals surface area contributed by atoms with Crippen molar-refractivity contribution in [1.82, 2.24) is 0 Å². The maximum atomic E-state index is 12.3. The van der Waals surface area contributed by atoms with Crippen LogP contribution in [0.3, 0.4) is 0 Å². The lowest BCUT2D eigenvalue weighted by molar-refractivity contribution is 0.400. The highest BCUT2D eigenvalue weighted by molar-refractivity contribution is 5.42. The highest BCUT2D eigenvalue weighted by atomic mass is 16.4. The smallest absolute Gasteiger partial charge is 0.343 e. The first-order valence-electron chi connectivity index (χ1n) is 8.16. The molecule has 22 heavy (non-hydrogen) atoms. The van der Waals surface area contributed by atoms with E-state index in [2.05, 4.69) is 0 Å². The molecule has 0 spiro atoms. The van der Waals surface area contributed by atoms with E-state index >= 15 is 0 Å². The monoisotopic (exact) mass is 298 g/mol. The van der Waals surface area contributed by atoms with Crippen LogP contribution in [0.15, 0.2) is 39.5 Å². The number of hydrogen-bond acceptors (Lipinski definition) is 3. The predicted octanol–water partition coefficient (Wildman–Crippen LogP) is 3.99. The number of benzene rings is 1. The van der Waals surface area contributed by atoms with Gasteiger partial charge in [0.15, 0.2) is 0 Å². The molecule has 1 aliphatic rings. The molecule has 0 saturated heterocycles. The Kier molecular flexibility index (Phi) is 4.62. The molecule has 0 amide bonds. The maximum Gasteiger partial charge on any atom is 0.343 e. The predicted molar refractivity (Wildman–Crippen MR) is 86.4 cm³/mol. The molecular formula is C19H22O3. The molecule has 1 N–H and O–H groups in total. The SMILES string of the molecule is O=c1oc2c(c(O)c1Cc1ccccc1)CCCCCCC2. The summed E-state index contributed by atoms with van der Waals surface area (Å²) in [6, 6.07) is 9.73. The molecule has 0 radical (unpaired) electrons. The Bertz CT molecular complexity index is 686. The summed E-state index contributed by atoms with van der Waals surface area (Å²) in [5.74, 6) is 0.859. The second kappa shape index (κ2) is 6.82. The summed E-state index contributed by atoms with van der Waals surface area (Å²) in [5, 5.41) is 10.6. The number of aromatic hydroxyl groups is 1. The molecular weight excluding hydrogens is 276 g/mol. The molecule has 3 nitrogen and oxygen atoms in total. The van der Waals surface area contributed by atoms with E-state index in [-0.39, 0.29) is 11.4 Å². The van der Waals surface area contributed by atoms with Crippen molar-refractivity contribution in [2.24, 2.45) is 0 Å². The molecule has 1 aliphatic carbocycles. The number of rotatable bonds is 2. The quantitative estimate of drug-likeness (QED) is 0.912. The Morgan fingerprint density at radius 2 is 1.64 bits per heavy atom. The van der Waals surface area contributed by atoms with Crippen LogP contribution in [0.25, 0.3) is 0 Å². The molecule has 3 rings (SSSR count). The third kappa shape index (κ3) is 3.24. The highest BCUT2D eigenvalue weighted by Gasteiger charge is 2.19. The van der Waals surface area contributed by atoms with Crippen molar-refractivity contribution in [2.45, 2.75) is 51.4 Å². The molecule has 0 unspecified atom stereocenters. The summed E-state index contributed by atoms with van der Waals surface area (Å²) in [7, 11) is 0. The van der Waals surface area contributed by atoms with Crippen LogP contribution in [0.4, 0.5) is 0 Å². The van der Waals surface area contributed by atoms with Gasteiger partial charge in [-0.1, -0.05) is 49.6 Å². The van der Waals surface area contributed by atoms with Crippen LogP contribution in [-0.2, 0) is 19.3 Å². The summed E-state index contributed by atoms with van der Waals surface area (Å²) in [6.07, 6.45) is 7.59. The zero-order valence-electron chi connectivity index (χ0n) is 12.8. The fraction of sp³-hybridized carbons (Fsp3) is 0.421. The lowest BCUT2D eigenvalue weighted by Gasteiger charge is -2.12. The standard InChI is InChI=1S/C19H22O3/c20-18-15-11-7-2-1-3-8-12-17(15)22-19(21)16(18)13-14-9-5-4-6-10-14/h4-6,9-10,20H,1-3,7-8,11-13H2. The van der Waals surface area contributed by atoms with Crippen LogP contribution >= 0.6 is 0 Å². The third-order valence-corrected chi connectivity index (χ3v) is 4.42. The Morgan fingerprint density at radius 1 is 0.955 bits per heavy atom. The van der Waals surface area contributed by atoms with Gasteiger partial charge >= 0.3 is 5.63 Å². The molecule has 1 aromatic carbocycles. The summed E-state index contributed by atoms with van der Waals surface area (Å²) < 4.78 is 5.56. The fourth-order valence-electron chi connectivity index (χ4n) is 3.18. The van der Waals surface area contributed by atoms with Gasteiger partial charge in [-0.2, -0.15) is 0 Å². The van der Waals surface area contributed by atoms with Crippen LogP contribution in [0.2, 0.25) is 0 Å².